The van der Waals surface area contributed by atoms with Crippen LogP contribution in [0.1, 0.15) is 11.1 Å². The standard InChI is InChI=1S/C15H14O2/c1-11-5-2-3-8-14(11)13-7-4-6-12(9-13)10-15(16)17/h2-9H,10H2,1H3,(H,16,17). The number of rotatable bonds is 3. The minimum absolute atomic E-state index is 0.0692. The van der Waals surface area contributed by atoms with Crippen molar-refractivity contribution in [1.82, 2.24) is 0 Å². The number of carboxylic acid groups (broad SMARTS) is 1. The second kappa shape index (κ2) is 4.83. The highest BCUT2D eigenvalue weighted by Gasteiger charge is 2.04. The van der Waals surface area contributed by atoms with Crippen molar-refractivity contribution in [3.05, 3.63) is 59.7 Å². The summed E-state index contributed by atoms with van der Waals surface area (Å²) in [6.45, 7) is 2.05. The summed E-state index contributed by atoms with van der Waals surface area (Å²) in [5.74, 6) is -0.799. The van der Waals surface area contributed by atoms with Gasteiger partial charge in [-0.25, -0.2) is 0 Å². The van der Waals surface area contributed by atoms with Gasteiger partial charge in [0.15, 0.2) is 0 Å². The quantitative estimate of drug-likeness (QED) is 0.872. The van der Waals surface area contributed by atoms with Crippen LogP contribution in [0.2, 0.25) is 0 Å². The first-order chi connectivity index (χ1) is 8.16. The second-order valence-electron chi connectivity index (χ2n) is 4.09. The van der Waals surface area contributed by atoms with Gasteiger partial charge in [-0.05, 0) is 29.2 Å². The van der Waals surface area contributed by atoms with Crippen molar-refractivity contribution in [2.75, 3.05) is 0 Å². The number of carbonyl (C=O) groups is 1. The fourth-order valence-corrected chi connectivity index (χ4v) is 1.92. The molecular formula is C15H14O2. The van der Waals surface area contributed by atoms with Crippen LogP contribution in [0.25, 0.3) is 11.1 Å². The van der Waals surface area contributed by atoms with Gasteiger partial charge in [0.2, 0.25) is 0 Å². The van der Waals surface area contributed by atoms with Crippen LogP contribution in [0.3, 0.4) is 0 Å². The van der Waals surface area contributed by atoms with Crippen molar-refractivity contribution in [3.63, 3.8) is 0 Å². The van der Waals surface area contributed by atoms with Gasteiger partial charge in [0.05, 0.1) is 6.42 Å². The number of carboxylic acids is 1. The molecule has 0 heterocycles. The van der Waals surface area contributed by atoms with Crippen LogP contribution in [0.5, 0.6) is 0 Å². The van der Waals surface area contributed by atoms with Gasteiger partial charge in [0.1, 0.15) is 0 Å². The topological polar surface area (TPSA) is 37.3 Å². The van der Waals surface area contributed by atoms with Gasteiger partial charge in [-0.2, -0.15) is 0 Å². The largest absolute Gasteiger partial charge is 0.481 e. The summed E-state index contributed by atoms with van der Waals surface area (Å²) in [7, 11) is 0. The van der Waals surface area contributed by atoms with Crippen LogP contribution < -0.4 is 0 Å². The van der Waals surface area contributed by atoms with Gasteiger partial charge in [-0.3, -0.25) is 4.79 Å². The summed E-state index contributed by atoms with van der Waals surface area (Å²) in [6, 6.07) is 15.8. The molecule has 0 atom stereocenters. The molecule has 0 aliphatic carbocycles. The maximum absolute atomic E-state index is 10.7. The fraction of sp³-hybridized carbons (Fsp3) is 0.133. The van der Waals surface area contributed by atoms with Gasteiger partial charge in [-0.1, -0.05) is 48.5 Å². The molecule has 0 amide bonds. The number of aryl methyl sites for hydroxylation is 1. The lowest BCUT2D eigenvalue weighted by molar-refractivity contribution is -0.136. The minimum atomic E-state index is -0.799. The fourth-order valence-electron chi connectivity index (χ4n) is 1.92. The smallest absolute Gasteiger partial charge is 0.307 e. The lowest BCUT2D eigenvalue weighted by Crippen LogP contribution is -1.99. The molecular weight excluding hydrogens is 212 g/mol. The SMILES string of the molecule is Cc1ccccc1-c1cccc(CC(=O)O)c1. The molecule has 0 aliphatic heterocycles. The Morgan fingerprint density at radius 1 is 1.12 bits per heavy atom. The van der Waals surface area contributed by atoms with Crippen LogP contribution in [0, 0.1) is 6.92 Å². The van der Waals surface area contributed by atoms with Crippen LogP contribution in [0.4, 0.5) is 0 Å². The summed E-state index contributed by atoms with van der Waals surface area (Å²) in [5, 5.41) is 8.78. The Labute approximate surface area is 101 Å². The molecule has 0 saturated heterocycles. The molecule has 0 unspecified atom stereocenters. The summed E-state index contributed by atoms with van der Waals surface area (Å²) in [6.07, 6.45) is 0.0692. The van der Waals surface area contributed by atoms with E-state index in [0.717, 1.165) is 16.7 Å². The van der Waals surface area contributed by atoms with Crippen LogP contribution in [-0.2, 0) is 11.2 Å². The summed E-state index contributed by atoms with van der Waals surface area (Å²) >= 11 is 0. The van der Waals surface area contributed by atoms with E-state index in [2.05, 4.69) is 19.1 Å². The molecule has 2 nitrogen and oxygen atoms in total. The van der Waals surface area contributed by atoms with E-state index in [4.69, 9.17) is 5.11 Å². The molecule has 0 bridgehead atoms. The molecule has 0 spiro atoms. The second-order valence-corrected chi connectivity index (χ2v) is 4.09. The van der Waals surface area contributed by atoms with Gasteiger partial charge in [0, 0.05) is 0 Å². The highest BCUT2D eigenvalue weighted by Crippen LogP contribution is 2.23. The molecule has 2 aromatic carbocycles. The molecule has 0 aromatic heterocycles. The molecule has 2 rings (SSSR count). The molecule has 0 aliphatic rings. The van der Waals surface area contributed by atoms with Crippen LogP contribution >= 0.6 is 0 Å². The average Bonchev–Trinajstić information content (AvgIpc) is 2.29. The number of hydrogen-bond donors (Lipinski definition) is 1. The van der Waals surface area contributed by atoms with E-state index in [1.165, 1.54) is 5.56 Å². The molecule has 0 saturated carbocycles. The Bertz CT molecular complexity index is 544. The van der Waals surface area contributed by atoms with Crippen molar-refractivity contribution in [2.45, 2.75) is 13.3 Å². The minimum Gasteiger partial charge on any atom is -0.481 e. The maximum atomic E-state index is 10.7. The van der Waals surface area contributed by atoms with Crippen molar-refractivity contribution in [1.29, 1.82) is 0 Å². The van der Waals surface area contributed by atoms with E-state index >= 15 is 0 Å². The summed E-state index contributed by atoms with van der Waals surface area (Å²) in [5.41, 5.74) is 4.25. The van der Waals surface area contributed by atoms with Crippen LogP contribution in [-0.4, -0.2) is 11.1 Å². The van der Waals surface area contributed by atoms with Gasteiger partial charge >= 0.3 is 5.97 Å². The van der Waals surface area contributed by atoms with Crippen molar-refractivity contribution < 1.29 is 9.90 Å². The third kappa shape index (κ3) is 2.72. The molecule has 86 valence electrons. The predicted octanol–water partition coefficient (Wildman–Crippen LogP) is 3.29. The predicted molar refractivity (Wildman–Crippen MR) is 68.0 cm³/mol. The van der Waals surface area contributed by atoms with E-state index in [1.807, 2.05) is 36.4 Å². The normalized spacial score (nSPS) is 10.2. The van der Waals surface area contributed by atoms with Crippen molar-refractivity contribution in [3.8, 4) is 11.1 Å². The Hall–Kier alpha value is -2.09. The first kappa shape index (κ1) is 11.4. The van der Waals surface area contributed by atoms with E-state index in [1.54, 1.807) is 0 Å². The highest BCUT2D eigenvalue weighted by molar-refractivity contribution is 5.73. The van der Waals surface area contributed by atoms with Crippen molar-refractivity contribution >= 4 is 5.97 Å². The van der Waals surface area contributed by atoms with E-state index < -0.39 is 5.97 Å². The zero-order valence-corrected chi connectivity index (χ0v) is 9.68. The lowest BCUT2D eigenvalue weighted by Gasteiger charge is -2.07. The Balaban J connectivity index is 2.40. The molecule has 1 N–H and O–H groups in total. The zero-order chi connectivity index (χ0) is 12.3. The van der Waals surface area contributed by atoms with Crippen molar-refractivity contribution in [2.24, 2.45) is 0 Å². The van der Waals surface area contributed by atoms with E-state index in [-0.39, 0.29) is 6.42 Å². The summed E-state index contributed by atoms with van der Waals surface area (Å²) < 4.78 is 0. The zero-order valence-electron chi connectivity index (χ0n) is 9.68. The van der Waals surface area contributed by atoms with Gasteiger partial charge in [0.25, 0.3) is 0 Å². The monoisotopic (exact) mass is 226 g/mol. The molecule has 2 aromatic rings. The summed E-state index contributed by atoms with van der Waals surface area (Å²) in [4.78, 5) is 10.7. The first-order valence-electron chi connectivity index (χ1n) is 5.53. The van der Waals surface area contributed by atoms with E-state index in [0.29, 0.717) is 0 Å². The maximum Gasteiger partial charge on any atom is 0.307 e. The third-order valence-electron chi connectivity index (χ3n) is 2.74. The molecule has 0 fully saturated rings. The Kier molecular flexibility index (Phi) is 3.24. The number of hydrogen-bond acceptors (Lipinski definition) is 1. The third-order valence-corrected chi connectivity index (χ3v) is 2.74. The molecule has 0 radical (unpaired) electrons. The van der Waals surface area contributed by atoms with Gasteiger partial charge < -0.3 is 5.11 Å². The Morgan fingerprint density at radius 3 is 2.59 bits per heavy atom. The highest BCUT2D eigenvalue weighted by atomic mass is 16.4. The first-order valence-corrected chi connectivity index (χ1v) is 5.53. The Morgan fingerprint density at radius 2 is 1.88 bits per heavy atom. The molecule has 17 heavy (non-hydrogen) atoms. The molecule has 2 heteroatoms. The lowest BCUT2D eigenvalue weighted by atomic mass is 9.98. The van der Waals surface area contributed by atoms with E-state index in [9.17, 15) is 4.79 Å². The van der Waals surface area contributed by atoms with Crippen LogP contribution in [0.15, 0.2) is 48.5 Å². The average molecular weight is 226 g/mol. The number of benzene rings is 2. The number of aliphatic carboxylic acids is 1. The van der Waals surface area contributed by atoms with Gasteiger partial charge in [-0.15, -0.1) is 0 Å².